The standard InChI is InChI=1S/C16H26N2O3/c1-12(2)18-5-6-21-16(11-18)10-17-13-7-14(19-3)9-15(8-13)20-4/h7-9,12,16-17H,5-6,10-11H2,1-4H3. The molecule has 1 aromatic carbocycles. The number of anilines is 1. The van der Waals surface area contributed by atoms with Gasteiger partial charge in [0.25, 0.3) is 0 Å². The predicted octanol–water partition coefficient (Wildman–Crippen LogP) is 2.22. The van der Waals surface area contributed by atoms with Crippen LogP contribution in [0.15, 0.2) is 18.2 Å². The van der Waals surface area contributed by atoms with Crippen molar-refractivity contribution in [3.63, 3.8) is 0 Å². The smallest absolute Gasteiger partial charge is 0.124 e. The summed E-state index contributed by atoms with van der Waals surface area (Å²) in [7, 11) is 3.31. The highest BCUT2D eigenvalue weighted by Crippen LogP contribution is 2.25. The third-order valence-corrected chi connectivity index (χ3v) is 3.79. The topological polar surface area (TPSA) is 43.0 Å². The molecule has 118 valence electrons. The lowest BCUT2D eigenvalue weighted by molar-refractivity contribution is -0.0315. The van der Waals surface area contributed by atoms with E-state index >= 15 is 0 Å². The lowest BCUT2D eigenvalue weighted by atomic mass is 10.2. The van der Waals surface area contributed by atoms with Crippen molar-refractivity contribution in [1.29, 1.82) is 0 Å². The van der Waals surface area contributed by atoms with E-state index in [9.17, 15) is 0 Å². The van der Waals surface area contributed by atoms with Crippen LogP contribution in [0.3, 0.4) is 0 Å². The summed E-state index contributed by atoms with van der Waals surface area (Å²) >= 11 is 0. The Labute approximate surface area is 127 Å². The van der Waals surface area contributed by atoms with Crippen LogP contribution in [0, 0.1) is 0 Å². The molecule has 0 saturated carbocycles. The van der Waals surface area contributed by atoms with E-state index in [1.807, 2.05) is 18.2 Å². The van der Waals surface area contributed by atoms with Gasteiger partial charge in [0, 0.05) is 49.6 Å². The van der Waals surface area contributed by atoms with Crippen molar-refractivity contribution < 1.29 is 14.2 Å². The minimum atomic E-state index is 0.207. The molecule has 0 bridgehead atoms. The van der Waals surface area contributed by atoms with E-state index in [0.717, 1.165) is 43.4 Å². The lowest BCUT2D eigenvalue weighted by Gasteiger charge is -2.35. The van der Waals surface area contributed by atoms with Crippen molar-refractivity contribution in [3.8, 4) is 11.5 Å². The van der Waals surface area contributed by atoms with E-state index in [1.54, 1.807) is 14.2 Å². The van der Waals surface area contributed by atoms with Crippen molar-refractivity contribution in [1.82, 2.24) is 4.90 Å². The number of ether oxygens (including phenoxy) is 3. The Morgan fingerprint density at radius 3 is 2.48 bits per heavy atom. The molecule has 1 fully saturated rings. The second kappa shape index (κ2) is 7.52. The van der Waals surface area contributed by atoms with Crippen molar-refractivity contribution in [2.24, 2.45) is 0 Å². The Bertz CT molecular complexity index is 429. The van der Waals surface area contributed by atoms with Crippen molar-refractivity contribution in [3.05, 3.63) is 18.2 Å². The second-order valence-electron chi connectivity index (χ2n) is 5.56. The normalized spacial score (nSPS) is 19.6. The fraction of sp³-hybridized carbons (Fsp3) is 0.625. The Balaban J connectivity index is 1.93. The fourth-order valence-electron chi connectivity index (χ4n) is 2.48. The minimum absolute atomic E-state index is 0.207. The number of hydrogen-bond donors (Lipinski definition) is 1. The van der Waals surface area contributed by atoms with Gasteiger partial charge in [0.05, 0.1) is 26.9 Å². The third-order valence-electron chi connectivity index (χ3n) is 3.79. The first kappa shape index (κ1) is 15.9. The average molecular weight is 294 g/mol. The molecule has 5 heteroatoms. The van der Waals surface area contributed by atoms with E-state index in [1.165, 1.54) is 0 Å². The molecule has 1 N–H and O–H groups in total. The summed E-state index contributed by atoms with van der Waals surface area (Å²) in [5.41, 5.74) is 0.983. The second-order valence-corrected chi connectivity index (χ2v) is 5.56. The monoisotopic (exact) mass is 294 g/mol. The summed E-state index contributed by atoms with van der Waals surface area (Å²) in [5, 5.41) is 3.41. The highest BCUT2D eigenvalue weighted by Gasteiger charge is 2.21. The summed E-state index contributed by atoms with van der Waals surface area (Å²) in [6.07, 6.45) is 0.207. The van der Waals surface area contributed by atoms with E-state index in [4.69, 9.17) is 14.2 Å². The molecule has 1 heterocycles. The van der Waals surface area contributed by atoms with Crippen LogP contribution in [0.1, 0.15) is 13.8 Å². The van der Waals surface area contributed by atoms with Crippen LogP contribution < -0.4 is 14.8 Å². The van der Waals surface area contributed by atoms with Crippen LogP contribution in [0.2, 0.25) is 0 Å². The number of nitrogens with one attached hydrogen (secondary N) is 1. The van der Waals surface area contributed by atoms with E-state index in [0.29, 0.717) is 6.04 Å². The highest BCUT2D eigenvalue weighted by molar-refractivity contribution is 5.53. The molecule has 2 rings (SSSR count). The van der Waals surface area contributed by atoms with Gasteiger partial charge in [0.1, 0.15) is 11.5 Å². The number of benzene rings is 1. The molecule has 1 atom stereocenters. The molecule has 0 amide bonds. The Kier molecular flexibility index (Phi) is 5.70. The minimum Gasteiger partial charge on any atom is -0.497 e. The number of hydrogen-bond acceptors (Lipinski definition) is 5. The van der Waals surface area contributed by atoms with Crippen LogP contribution in [0.4, 0.5) is 5.69 Å². The SMILES string of the molecule is COc1cc(NCC2CN(C(C)C)CCO2)cc(OC)c1. The van der Waals surface area contributed by atoms with Gasteiger partial charge in [-0.05, 0) is 13.8 Å². The molecule has 0 radical (unpaired) electrons. The van der Waals surface area contributed by atoms with Gasteiger partial charge < -0.3 is 19.5 Å². The maximum atomic E-state index is 5.83. The van der Waals surface area contributed by atoms with E-state index < -0.39 is 0 Å². The first-order valence-corrected chi connectivity index (χ1v) is 7.45. The zero-order chi connectivity index (χ0) is 15.2. The molecule has 1 aliphatic heterocycles. The number of methoxy groups -OCH3 is 2. The largest absolute Gasteiger partial charge is 0.497 e. The van der Waals surface area contributed by atoms with Crippen LogP contribution >= 0.6 is 0 Å². The number of rotatable bonds is 6. The molecule has 0 aromatic heterocycles. The van der Waals surface area contributed by atoms with Gasteiger partial charge in [0.15, 0.2) is 0 Å². The Morgan fingerprint density at radius 2 is 1.90 bits per heavy atom. The first-order valence-electron chi connectivity index (χ1n) is 7.45. The molecule has 5 nitrogen and oxygen atoms in total. The van der Waals surface area contributed by atoms with Crippen LogP contribution in [-0.4, -0.2) is 57.5 Å². The third kappa shape index (κ3) is 4.51. The summed E-state index contributed by atoms with van der Waals surface area (Å²) in [5.74, 6) is 1.57. The Hall–Kier alpha value is -1.46. The molecule has 1 unspecified atom stereocenters. The quantitative estimate of drug-likeness (QED) is 0.871. The maximum Gasteiger partial charge on any atom is 0.124 e. The molecule has 0 aliphatic carbocycles. The molecule has 1 aliphatic rings. The Morgan fingerprint density at radius 1 is 1.24 bits per heavy atom. The van der Waals surface area contributed by atoms with Gasteiger partial charge in [-0.25, -0.2) is 0 Å². The number of nitrogens with zero attached hydrogens (tertiary/aromatic N) is 1. The molecule has 1 saturated heterocycles. The van der Waals surface area contributed by atoms with E-state index in [2.05, 4.69) is 24.1 Å². The maximum absolute atomic E-state index is 5.83. The van der Waals surface area contributed by atoms with Gasteiger partial charge in [-0.3, -0.25) is 4.90 Å². The van der Waals surface area contributed by atoms with E-state index in [-0.39, 0.29) is 6.10 Å². The molecule has 21 heavy (non-hydrogen) atoms. The lowest BCUT2D eigenvalue weighted by Crippen LogP contribution is -2.48. The summed E-state index contributed by atoms with van der Waals surface area (Å²) < 4.78 is 16.4. The van der Waals surface area contributed by atoms with Crippen LogP contribution in [0.25, 0.3) is 0 Å². The molecule has 0 spiro atoms. The zero-order valence-electron chi connectivity index (χ0n) is 13.4. The molecule has 1 aromatic rings. The van der Waals surface area contributed by atoms with Crippen LogP contribution in [-0.2, 0) is 4.74 Å². The van der Waals surface area contributed by atoms with Gasteiger partial charge in [-0.1, -0.05) is 0 Å². The van der Waals surface area contributed by atoms with Crippen LogP contribution in [0.5, 0.6) is 11.5 Å². The van der Waals surface area contributed by atoms with Gasteiger partial charge in [0.2, 0.25) is 0 Å². The molecular formula is C16H26N2O3. The van der Waals surface area contributed by atoms with Crippen molar-refractivity contribution in [2.45, 2.75) is 26.0 Å². The summed E-state index contributed by atoms with van der Waals surface area (Å²) in [4.78, 5) is 2.45. The summed E-state index contributed by atoms with van der Waals surface area (Å²) in [6.45, 7) is 8.00. The van der Waals surface area contributed by atoms with Gasteiger partial charge in [-0.15, -0.1) is 0 Å². The average Bonchev–Trinajstić information content (AvgIpc) is 2.52. The van der Waals surface area contributed by atoms with Gasteiger partial charge >= 0.3 is 0 Å². The fourth-order valence-corrected chi connectivity index (χ4v) is 2.48. The predicted molar refractivity (Wildman–Crippen MR) is 84.5 cm³/mol. The first-order chi connectivity index (χ1) is 10.1. The zero-order valence-corrected chi connectivity index (χ0v) is 13.4. The summed E-state index contributed by atoms with van der Waals surface area (Å²) in [6, 6.07) is 6.35. The number of morpholine rings is 1. The van der Waals surface area contributed by atoms with Gasteiger partial charge in [-0.2, -0.15) is 0 Å². The van der Waals surface area contributed by atoms with Crippen molar-refractivity contribution in [2.75, 3.05) is 45.8 Å². The molecular weight excluding hydrogens is 268 g/mol. The highest BCUT2D eigenvalue weighted by atomic mass is 16.5. The van der Waals surface area contributed by atoms with Crippen molar-refractivity contribution >= 4 is 5.69 Å².